The van der Waals surface area contributed by atoms with E-state index >= 15 is 0 Å². The molecule has 0 atom stereocenters. The third-order valence-corrected chi connectivity index (χ3v) is 3.86. The first-order valence-corrected chi connectivity index (χ1v) is 6.66. The van der Waals surface area contributed by atoms with Gasteiger partial charge in [-0.3, -0.25) is 0 Å². The van der Waals surface area contributed by atoms with E-state index < -0.39 is 11.5 Å². The highest BCUT2D eigenvalue weighted by Crippen LogP contribution is 2.31. The third kappa shape index (κ3) is 2.16. The van der Waals surface area contributed by atoms with E-state index in [2.05, 4.69) is 15.3 Å². The van der Waals surface area contributed by atoms with Gasteiger partial charge in [-0.05, 0) is 25.0 Å². The van der Waals surface area contributed by atoms with Crippen molar-refractivity contribution in [1.82, 2.24) is 9.97 Å². The summed E-state index contributed by atoms with van der Waals surface area (Å²) in [6, 6.07) is 7.69. The highest BCUT2D eigenvalue weighted by Gasteiger charge is 2.40. The van der Waals surface area contributed by atoms with Gasteiger partial charge in [-0.2, -0.15) is 0 Å². The van der Waals surface area contributed by atoms with Crippen LogP contribution < -0.4 is 5.32 Å². The molecule has 0 bridgehead atoms. The number of imidazole rings is 1. The van der Waals surface area contributed by atoms with E-state index in [1.54, 1.807) is 0 Å². The normalized spacial score (nSPS) is 18.3. The summed E-state index contributed by atoms with van der Waals surface area (Å²) in [6.45, 7) is 0. The van der Waals surface area contributed by atoms with Gasteiger partial charge in [0.15, 0.2) is 0 Å². The summed E-state index contributed by atoms with van der Waals surface area (Å²) in [4.78, 5) is 19.1. The number of carboxylic acid groups (broad SMARTS) is 1. The molecule has 1 aliphatic carbocycles. The zero-order chi connectivity index (χ0) is 13.3. The Hall–Kier alpha value is -2.04. The van der Waals surface area contributed by atoms with Crippen molar-refractivity contribution >= 4 is 23.0 Å². The van der Waals surface area contributed by atoms with Crippen molar-refractivity contribution < 1.29 is 9.90 Å². The molecule has 0 unspecified atom stereocenters. The van der Waals surface area contributed by atoms with Crippen molar-refractivity contribution in [2.45, 2.75) is 37.6 Å². The van der Waals surface area contributed by atoms with Crippen molar-refractivity contribution in [3.05, 3.63) is 24.3 Å². The lowest BCUT2D eigenvalue weighted by Crippen LogP contribution is -2.48. The smallest absolute Gasteiger partial charge is 0.329 e. The summed E-state index contributed by atoms with van der Waals surface area (Å²) in [5, 5.41) is 12.6. The molecule has 0 radical (unpaired) electrons. The fourth-order valence-electron chi connectivity index (χ4n) is 2.79. The molecule has 1 aliphatic rings. The van der Waals surface area contributed by atoms with E-state index in [-0.39, 0.29) is 0 Å². The van der Waals surface area contributed by atoms with Crippen molar-refractivity contribution in [3.63, 3.8) is 0 Å². The van der Waals surface area contributed by atoms with Gasteiger partial charge < -0.3 is 15.4 Å². The van der Waals surface area contributed by atoms with Crippen LogP contribution in [0.2, 0.25) is 0 Å². The Morgan fingerprint density at radius 1 is 1.26 bits per heavy atom. The third-order valence-electron chi connectivity index (χ3n) is 3.86. The van der Waals surface area contributed by atoms with Gasteiger partial charge in [-0.1, -0.05) is 31.4 Å². The van der Waals surface area contributed by atoms with Gasteiger partial charge in [0, 0.05) is 0 Å². The number of hydrogen-bond acceptors (Lipinski definition) is 3. The summed E-state index contributed by atoms with van der Waals surface area (Å²) in [7, 11) is 0. The van der Waals surface area contributed by atoms with Gasteiger partial charge in [0.25, 0.3) is 0 Å². The van der Waals surface area contributed by atoms with Crippen LogP contribution in [0.4, 0.5) is 5.95 Å². The molecular weight excluding hydrogens is 242 g/mol. The zero-order valence-electron chi connectivity index (χ0n) is 10.6. The Labute approximate surface area is 111 Å². The number of aliphatic carboxylic acids is 1. The number of nitrogens with zero attached hydrogens (tertiary/aromatic N) is 1. The topological polar surface area (TPSA) is 78.0 Å². The molecule has 0 aliphatic heterocycles. The average molecular weight is 259 g/mol. The molecule has 100 valence electrons. The van der Waals surface area contributed by atoms with Crippen LogP contribution in [0.15, 0.2) is 24.3 Å². The van der Waals surface area contributed by atoms with Crippen LogP contribution in [0, 0.1) is 0 Å². The fourth-order valence-corrected chi connectivity index (χ4v) is 2.79. The van der Waals surface area contributed by atoms with Crippen LogP contribution in [0.5, 0.6) is 0 Å². The minimum Gasteiger partial charge on any atom is -0.480 e. The number of hydrogen-bond donors (Lipinski definition) is 3. The maximum atomic E-state index is 11.6. The number of para-hydroxylation sites is 2. The Morgan fingerprint density at radius 3 is 2.68 bits per heavy atom. The highest BCUT2D eigenvalue weighted by atomic mass is 16.4. The Bertz CT molecular complexity index is 567. The predicted octanol–water partition coefficient (Wildman–Crippen LogP) is 2.76. The Kier molecular flexibility index (Phi) is 2.89. The lowest BCUT2D eigenvalue weighted by Gasteiger charge is -2.33. The molecular formula is C14H17N3O2. The summed E-state index contributed by atoms with van der Waals surface area (Å²) in [6.07, 6.45) is 4.30. The lowest BCUT2D eigenvalue weighted by atomic mass is 9.82. The quantitative estimate of drug-likeness (QED) is 0.792. The molecule has 5 nitrogen and oxygen atoms in total. The van der Waals surface area contributed by atoms with Gasteiger partial charge in [0.05, 0.1) is 11.0 Å². The number of carbonyl (C=O) groups is 1. The molecule has 0 spiro atoms. The number of aromatic nitrogens is 2. The molecule has 1 saturated carbocycles. The van der Waals surface area contributed by atoms with Crippen molar-refractivity contribution in [2.24, 2.45) is 0 Å². The van der Waals surface area contributed by atoms with E-state index in [1.807, 2.05) is 24.3 Å². The molecule has 1 heterocycles. The molecule has 5 heteroatoms. The predicted molar refractivity (Wildman–Crippen MR) is 73.2 cm³/mol. The monoisotopic (exact) mass is 259 g/mol. The van der Waals surface area contributed by atoms with E-state index in [0.29, 0.717) is 18.8 Å². The molecule has 3 N–H and O–H groups in total. The summed E-state index contributed by atoms with van der Waals surface area (Å²) in [5.41, 5.74) is 0.897. The summed E-state index contributed by atoms with van der Waals surface area (Å²) >= 11 is 0. The molecule has 1 aromatic carbocycles. The first-order chi connectivity index (χ1) is 9.20. The molecule has 0 amide bonds. The van der Waals surface area contributed by atoms with Gasteiger partial charge in [0.2, 0.25) is 5.95 Å². The van der Waals surface area contributed by atoms with E-state index in [1.165, 1.54) is 0 Å². The van der Waals surface area contributed by atoms with Gasteiger partial charge >= 0.3 is 5.97 Å². The number of anilines is 1. The first-order valence-electron chi connectivity index (χ1n) is 6.66. The minimum absolute atomic E-state index is 0.547. The van der Waals surface area contributed by atoms with Crippen molar-refractivity contribution in [1.29, 1.82) is 0 Å². The van der Waals surface area contributed by atoms with E-state index in [9.17, 15) is 9.90 Å². The number of benzene rings is 1. The first kappa shape index (κ1) is 12.0. The molecule has 2 aromatic rings. The number of aromatic amines is 1. The average Bonchev–Trinajstić information content (AvgIpc) is 2.81. The summed E-state index contributed by atoms with van der Waals surface area (Å²) in [5.74, 6) is -0.238. The van der Waals surface area contributed by atoms with Crippen LogP contribution in [0.1, 0.15) is 32.1 Å². The van der Waals surface area contributed by atoms with E-state index in [4.69, 9.17) is 0 Å². The van der Waals surface area contributed by atoms with E-state index in [0.717, 1.165) is 30.3 Å². The fraction of sp³-hybridized carbons (Fsp3) is 0.429. The van der Waals surface area contributed by atoms with Crippen LogP contribution in [0.25, 0.3) is 11.0 Å². The van der Waals surface area contributed by atoms with Gasteiger partial charge in [-0.15, -0.1) is 0 Å². The lowest BCUT2D eigenvalue weighted by molar-refractivity contribution is -0.143. The number of carboxylic acids is 1. The number of fused-ring (bicyclic) bond motifs is 1. The van der Waals surface area contributed by atoms with Crippen LogP contribution in [-0.4, -0.2) is 26.6 Å². The second kappa shape index (κ2) is 4.57. The van der Waals surface area contributed by atoms with Crippen molar-refractivity contribution in [3.8, 4) is 0 Å². The molecule has 19 heavy (non-hydrogen) atoms. The van der Waals surface area contributed by atoms with Crippen LogP contribution in [0.3, 0.4) is 0 Å². The molecule has 3 rings (SSSR count). The van der Waals surface area contributed by atoms with Crippen molar-refractivity contribution in [2.75, 3.05) is 5.32 Å². The summed E-state index contributed by atoms with van der Waals surface area (Å²) < 4.78 is 0. The second-order valence-electron chi connectivity index (χ2n) is 5.18. The molecule has 0 saturated heterocycles. The molecule has 1 aromatic heterocycles. The largest absolute Gasteiger partial charge is 0.480 e. The van der Waals surface area contributed by atoms with Crippen LogP contribution >= 0.6 is 0 Å². The SMILES string of the molecule is O=C(O)C1(Nc2nc3ccccc3[nH]2)CCCCC1. The van der Waals surface area contributed by atoms with Crippen LogP contribution in [-0.2, 0) is 4.79 Å². The Morgan fingerprint density at radius 2 is 2.00 bits per heavy atom. The maximum absolute atomic E-state index is 11.6. The van der Waals surface area contributed by atoms with Gasteiger partial charge in [-0.25, -0.2) is 9.78 Å². The minimum atomic E-state index is -0.869. The number of nitrogens with one attached hydrogen (secondary N) is 2. The van der Waals surface area contributed by atoms with Gasteiger partial charge in [0.1, 0.15) is 5.54 Å². The highest BCUT2D eigenvalue weighted by molar-refractivity contribution is 5.84. The second-order valence-corrected chi connectivity index (χ2v) is 5.18. The Balaban J connectivity index is 1.91. The number of rotatable bonds is 3. The zero-order valence-corrected chi connectivity index (χ0v) is 10.6. The number of H-pyrrole nitrogens is 1. The molecule has 1 fully saturated rings. The standard InChI is InChI=1S/C14H17N3O2/c18-12(19)14(8-4-1-5-9-14)17-13-15-10-6-2-3-7-11(10)16-13/h2-3,6-7H,1,4-5,8-9H2,(H,18,19)(H2,15,16,17). The maximum Gasteiger partial charge on any atom is 0.329 e.